The van der Waals surface area contributed by atoms with E-state index in [4.69, 9.17) is 5.21 Å². The third-order valence-corrected chi connectivity index (χ3v) is 5.86. The van der Waals surface area contributed by atoms with E-state index in [1.54, 1.807) is 18.2 Å². The summed E-state index contributed by atoms with van der Waals surface area (Å²) in [6, 6.07) is 12.1. The Bertz CT molecular complexity index is 992. The Hall–Kier alpha value is -3.15. The van der Waals surface area contributed by atoms with E-state index in [0.717, 1.165) is 24.6 Å². The van der Waals surface area contributed by atoms with Crippen molar-refractivity contribution in [2.75, 3.05) is 4.90 Å². The van der Waals surface area contributed by atoms with Crippen LogP contribution in [-0.2, 0) is 15.6 Å². The van der Waals surface area contributed by atoms with E-state index in [-0.39, 0.29) is 22.1 Å². The van der Waals surface area contributed by atoms with E-state index >= 15 is 0 Å². The zero-order valence-corrected chi connectivity index (χ0v) is 17.1. The van der Waals surface area contributed by atoms with Crippen LogP contribution in [0.25, 0.3) is 0 Å². The smallest absolute Gasteiger partial charge is 0.337 e. The number of hydrogen-bond acceptors (Lipinski definition) is 4. The first-order valence-electron chi connectivity index (χ1n) is 9.57. The van der Waals surface area contributed by atoms with Crippen LogP contribution in [0, 0.1) is 0 Å². The summed E-state index contributed by atoms with van der Waals surface area (Å²) in [6.07, 6.45) is 2.84. The van der Waals surface area contributed by atoms with E-state index in [0.29, 0.717) is 5.69 Å². The third-order valence-electron chi connectivity index (χ3n) is 5.86. The molecule has 0 fully saturated rings. The number of amides is 1. The van der Waals surface area contributed by atoms with Gasteiger partial charge in [0.25, 0.3) is 5.91 Å². The fraction of sp³-hybridized carbons (Fsp3) is 0.348. The Morgan fingerprint density at radius 3 is 2.24 bits per heavy atom. The molecule has 1 aliphatic rings. The van der Waals surface area contributed by atoms with Crippen molar-refractivity contribution in [3.63, 3.8) is 0 Å². The topological polar surface area (TPSA) is 90.2 Å². The van der Waals surface area contributed by atoms with E-state index in [1.165, 1.54) is 16.5 Å². The molecule has 3 rings (SSSR count). The van der Waals surface area contributed by atoms with Gasteiger partial charge in [-0.25, -0.2) is 4.79 Å². The summed E-state index contributed by atoms with van der Waals surface area (Å²) in [5, 5.41) is 21.4. The third kappa shape index (κ3) is 3.75. The van der Waals surface area contributed by atoms with Gasteiger partial charge in [0.2, 0.25) is 0 Å². The molecule has 0 unspecified atom stereocenters. The van der Waals surface area contributed by atoms with Gasteiger partial charge in [0.15, 0.2) is 0 Å². The fourth-order valence-electron chi connectivity index (χ4n) is 4.06. The van der Waals surface area contributed by atoms with E-state index in [9.17, 15) is 14.7 Å². The molecule has 29 heavy (non-hydrogen) atoms. The van der Waals surface area contributed by atoms with E-state index in [2.05, 4.69) is 32.9 Å². The number of para-hydroxylation sites is 1. The molecule has 2 aromatic carbocycles. The summed E-state index contributed by atoms with van der Waals surface area (Å²) >= 11 is 0. The average molecular weight is 394 g/mol. The van der Waals surface area contributed by atoms with Crippen molar-refractivity contribution in [1.82, 2.24) is 0 Å². The summed E-state index contributed by atoms with van der Waals surface area (Å²) in [7, 11) is 0. The van der Waals surface area contributed by atoms with Gasteiger partial charge >= 0.3 is 5.97 Å². The number of aromatic carboxylic acids is 1. The number of oxime groups is 1. The minimum Gasteiger partial charge on any atom is -0.478 e. The molecule has 0 saturated heterocycles. The van der Waals surface area contributed by atoms with Crippen molar-refractivity contribution in [2.45, 2.75) is 51.4 Å². The number of hydrogen-bond donors (Lipinski definition) is 2. The number of rotatable bonds is 4. The first kappa shape index (κ1) is 20.6. The van der Waals surface area contributed by atoms with Gasteiger partial charge in [0.1, 0.15) is 6.21 Å². The van der Waals surface area contributed by atoms with Crippen molar-refractivity contribution >= 4 is 29.5 Å². The molecule has 1 amide bonds. The average Bonchev–Trinajstić information content (AvgIpc) is 2.66. The molecule has 0 aliphatic heterocycles. The molecular weight excluding hydrogens is 368 g/mol. The van der Waals surface area contributed by atoms with Crippen LogP contribution in [0.1, 0.15) is 62.0 Å². The van der Waals surface area contributed by atoms with Crippen LogP contribution in [0.3, 0.4) is 0 Å². The zero-order chi connectivity index (χ0) is 21.4. The van der Waals surface area contributed by atoms with Crippen molar-refractivity contribution < 1.29 is 19.9 Å². The molecule has 0 radical (unpaired) electrons. The summed E-state index contributed by atoms with van der Waals surface area (Å²) < 4.78 is 0. The highest BCUT2D eigenvalue weighted by Gasteiger charge is 2.37. The van der Waals surface area contributed by atoms with Crippen molar-refractivity contribution in [2.24, 2.45) is 5.16 Å². The van der Waals surface area contributed by atoms with Crippen LogP contribution in [0.5, 0.6) is 0 Å². The Morgan fingerprint density at radius 1 is 1.00 bits per heavy atom. The first-order valence-corrected chi connectivity index (χ1v) is 9.57. The van der Waals surface area contributed by atoms with Crippen LogP contribution in [-0.4, -0.2) is 28.4 Å². The molecule has 0 heterocycles. The maximum atomic E-state index is 12.8. The van der Waals surface area contributed by atoms with E-state index in [1.807, 2.05) is 18.2 Å². The maximum absolute atomic E-state index is 12.8. The van der Waals surface area contributed by atoms with Crippen LogP contribution >= 0.6 is 0 Å². The molecule has 2 aromatic rings. The van der Waals surface area contributed by atoms with Crippen LogP contribution in [0.2, 0.25) is 0 Å². The molecule has 0 saturated carbocycles. The second kappa shape index (κ2) is 7.35. The highest BCUT2D eigenvalue weighted by molar-refractivity contribution is 6.35. The van der Waals surface area contributed by atoms with Gasteiger partial charge in [-0.05, 0) is 59.1 Å². The van der Waals surface area contributed by atoms with Gasteiger partial charge in [-0.3, -0.25) is 9.69 Å². The lowest BCUT2D eigenvalue weighted by Crippen LogP contribution is -2.35. The first-order chi connectivity index (χ1) is 13.6. The predicted octanol–water partition coefficient (Wildman–Crippen LogP) is 4.86. The lowest BCUT2D eigenvalue weighted by atomic mass is 9.63. The zero-order valence-electron chi connectivity index (χ0n) is 17.1. The molecule has 0 atom stereocenters. The van der Waals surface area contributed by atoms with Gasteiger partial charge in [-0.15, -0.1) is 0 Å². The van der Waals surface area contributed by atoms with E-state index < -0.39 is 11.9 Å². The molecule has 6 heteroatoms. The molecule has 0 bridgehead atoms. The van der Waals surface area contributed by atoms with Crippen LogP contribution in [0.15, 0.2) is 47.6 Å². The highest BCUT2D eigenvalue weighted by atomic mass is 16.4. The van der Waals surface area contributed by atoms with Crippen molar-refractivity contribution in [3.8, 4) is 0 Å². The summed E-state index contributed by atoms with van der Waals surface area (Å²) in [5.74, 6) is -1.77. The number of carboxylic acids is 1. The van der Waals surface area contributed by atoms with Gasteiger partial charge in [0, 0.05) is 5.69 Å². The lowest BCUT2D eigenvalue weighted by molar-refractivity contribution is -0.111. The van der Waals surface area contributed by atoms with Crippen molar-refractivity contribution in [1.29, 1.82) is 0 Å². The molecule has 6 nitrogen and oxygen atoms in total. The monoisotopic (exact) mass is 394 g/mol. The SMILES string of the molecule is CC1(C)CCC(C)(C)c2cc(N(C(=O)C=NO)c3ccccc3C(=O)O)ccc21. The normalized spacial score (nSPS) is 17.0. The summed E-state index contributed by atoms with van der Waals surface area (Å²) in [5.41, 5.74) is 3.05. The molecule has 152 valence electrons. The van der Waals surface area contributed by atoms with Gasteiger partial charge in [-0.1, -0.05) is 51.0 Å². The fourth-order valence-corrected chi connectivity index (χ4v) is 4.06. The van der Waals surface area contributed by atoms with Gasteiger partial charge in [-0.2, -0.15) is 0 Å². The highest BCUT2D eigenvalue weighted by Crippen LogP contribution is 2.47. The number of nitrogens with zero attached hydrogens (tertiary/aromatic N) is 2. The molecular formula is C23H26N2O4. The summed E-state index contributed by atoms with van der Waals surface area (Å²) in [6.45, 7) is 8.78. The minimum atomic E-state index is -1.14. The molecule has 2 N–H and O–H groups in total. The number of carboxylic acid groups (broad SMARTS) is 1. The Morgan fingerprint density at radius 2 is 1.62 bits per heavy atom. The maximum Gasteiger partial charge on any atom is 0.337 e. The van der Waals surface area contributed by atoms with Gasteiger partial charge < -0.3 is 10.3 Å². The predicted molar refractivity (Wildman–Crippen MR) is 113 cm³/mol. The number of fused-ring (bicyclic) bond motifs is 1. The second-order valence-corrected chi connectivity index (χ2v) is 8.74. The molecule has 1 aliphatic carbocycles. The van der Waals surface area contributed by atoms with Gasteiger partial charge in [0.05, 0.1) is 11.3 Å². The largest absolute Gasteiger partial charge is 0.478 e. The Labute approximate surface area is 170 Å². The Balaban J connectivity index is 2.24. The van der Waals surface area contributed by atoms with Crippen molar-refractivity contribution in [3.05, 3.63) is 59.2 Å². The molecule has 0 spiro atoms. The number of carbonyl (C=O) groups is 2. The number of carbonyl (C=O) groups excluding carboxylic acids is 1. The van der Waals surface area contributed by atoms with Crippen LogP contribution < -0.4 is 4.90 Å². The Kier molecular flexibility index (Phi) is 5.22. The standard InChI is InChI=1S/C23H26N2O4/c1-22(2)11-12-23(3,4)18-13-15(9-10-17(18)22)25(20(26)14-24-29)19-8-6-5-7-16(19)21(27)28/h5-10,13-14,29H,11-12H2,1-4H3,(H,27,28). The molecule has 0 aromatic heterocycles. The summed E-state index contributed by atoms with van der Waals surface area (Å²) in [4.78, 5) is 25.8. The second-order valence-electron chi connectivity index (χ2n) is 8.74. The minimum absolute atomic E-state index is 0.00972. The quantitative estimate of drug-likeness (QED) is 0.440. The lowest BCUT2D eigenvalue weighted by Gasteiger charge is -2.42. The number of benzene rings is 2. The van der Waals surface area contributed by atoms with Crippen LogP contribution in [0.4, 0.5) is 11.4 Å². The number of anilines is 2.